The second-order valence-corrected chi connectivity index (χ2v) is 4.81. The van der Waals surface area contributed by atoms with Gasteiger partial charge in [-0.1, -0.05) is 0 Å². The Balaban J connectivity index is 2.38. The van der Waals surface area contributed by atoms with Gasteiger partial charge in [0.2, 0.25) is 5.91 Å². The van der Waals surface area contributed by atoms with Crippen LogP contribution in [0.25, 0.3) is 0 Å². The first kappa shape index (κ1) is 16.8. The van der Waals surface area contributed by atoms with Crippen molar-refractivity contribution in [3.05, 3.63) is 24.3 Å². The third-order valence-electron chi connectivity index (χ3n) is 2.18. The fourth-order valence-electron chi connectivity index (χ4n) is 1.26. The summed E-state index contributed by atoms with van der Waals surface area (Å²) in [6.45, 7) is -0.186. The minimum atomic E-state index is -0.958. The average molecular weight is 313 g/mol. The van der Waals surface area contributed by atoms with Gasteiger partial charge in [0, 0.05) is 5.69 Å². The molecule has 1 amide bonds. The number of amides is 1. The van der Waals surface area contributed by atoms with Gasteiger partial charge < -0.3 is 19.9 Å². The number of methoxy groups -OCH3 is 1. The SMILES string of the molecule is COC(=O)COc1ccc(NC(=O)CSCC(=O)O)cc1. The molecule has 2 N–H and O–H groups in total. The zero-order valence-corrected chi connectivity index (χ0v) is 12.1. The van der Waals surface area contributed by atoms with Crippen LogP contribution in [0, 0.1) is 0 Å². The number of hydrogen-bond donors (Lipinski definition) is 2. The highest BCUT2D eigenvalue weighted by Gasteiger charge is 2.06. The monoisotopic (exact) mass is 313 g/mol. The van der Waals surface area contributed by atoms with Gasteiger partial charge in [0.15, 0.2) is 6.61 Å². The highest BCUT2D eigenvalue weighted by Crippen LogP contribution is 2.16. The van der Waals surface area contributed by atoms with Crippen molar-refractivity contribution in [3.63, 3.8) is 0 Å². The van der Waals surface area contributed by atoms with E-state index in [-0.39, 0.29) is 24.0 Å². The number of carbonyl (C=O) groups excluding carboxylic acids is 2. The number of ether oxygens (including phenoxy) is 2. The molecule has 0 bridgehead atoms. The Labute approximate surface area is 125 Å². The largest absolute Gasteiger partial charge is 0.482 e. The Hall–Kier alpha value is -2.22. The van der Waals surface area contributed by atoms with E-state index in [0.717, 1.165) is 11.8 Å². The van der Waals surface area contributed by atoms with E-state index in [1.54, 1.807) is 24.3 Å². The van der Waals surface area contributed by atoms with Crippen LogP contribution in [0.3, 0.4) is 0 Å². The van der Waals surface area contributed by atoms with Gasteiger partial charge in [-0.15, -0.1) is 11.8 Å². The molecule has 0 saturated carbocycles. The fourth-order valence-corrected chi connectivity index (χ4v) is 1.80. The van der Waals surface area contributed by atoms with Crippen LogP contribution in [-0.2, 0) is 19.1 Å². The summed E-state index contributed by atoms with van der Waals surface area (Å²) in [6.07, 6.45) is 0. The fraction of sp³-hybridized carbons (Fsp3) is 0.308. The highest BCUT2D eigenvalue weighted by atomic mass is 32.2. The Morgan fingerprint density at radius 3 is 2.43 bits per heavy atom. The van der Waals surface area contributed by atoms with Crippen LogP contribution in [0.5, 0.6) is 5.75 Å². The van der Waals surface area contributed by atoms with Crippen molar-refractivity contribution in [1.82, 2.24) is 0 Å². The number of carboxylic acid groups (broad SMARTS) is 1. The lowest BCUT2D eigenvalue weighted by Gasteiger charge is -2.07. The van der Waals surface area contributed by atoms with Crippen molar-refractivity contribution >= 4 is 35.3 Å². The number of nitrogens with one attached hydrogen (secondary N) is 1. The molecule has 0 unspecified atom stereocenters. The van der Waals surface area contributed by atoms with Crippen molar-refractivity contribution in [1.29, 1.82) is 0 Å². The molecular formula is C13H15NO6S. The molecule has 0 saturated heterocycles. The number of benzene rings is 1. The molecule has 0 atom stereocenters. The van der Waals surface area contributed by atoms with E-state index in [1.807, 2.05) is 0 Å². The molecule has 0 aromatic heterocycles. The van der Waals surface area contributed by atoms with Crippen molar-refractivity contribution in [3.8, 4) is 5.75 Å². The van der Waals surface area contributed by atoms with Gasteiger partial charge in [0.25, 0.3) is 0 Å². The predicted octanol–water partition coefficient (Wildman–Crippen LogP) is 0.995. The number of carboxylic acids is 1. The van der Waals surface area contributed by atoms with Crippen molar-refractivity contribution < 1.29 is 29.0 Å². The Kier molecular flexibility index (Phi) is 7.10. The standard InChI is InChI=1S/C13H15NO6S/c1-19-13(18)6-20-10-4-2-9(3-5-10)14-11(15)7-21-8-12(16)17/h2-5H,6-8H2,1H3,(H,14,15)(H,16,17). The lowest BCUT2D eigenvalue weighted by molar-refractivity contribution is -0.143. The summed E-state index contributed by atoms with van der Waals surface area (Å²) in [7, 11) is 1.27. The molecule has 1 rings (SSSR count). The zero-order chi connectivity index (χ0) is 15.7. The van der Waals surface area contributed by atoms with Crippen molar-refractivity contribution in [2.75, 3.05) is 30.5 Å². The second kappa shape index (κ2) is 8.85. The summed E-state index contributed by atoms with van der Waals surface area (Å²) in [5, 5.41) is 11.1. The molecule has 0 aliphatic heterocycles. The topological polar surface area (TPSA) is 102 Å². The van der Waals surface area contributed by atoms with Gasteiger partial charge in [0.1, 0.15) is 5.75 Å². The maximum atomic E-state index is 11.5. The van der Waals surface area contributed by atoms with Gasteiger partial charge in [-0.25, -0.2) is 4.79 Å². The molecule has 7 nitrogen and oxygen atoms in total. The smallest absolute Gasteiger partial charge is 0.343 e. The molecule has 0 radical (unpaired) electrons. The van der Waals surface area contributed by atoms with E-state index in [2.05, 4.69) is 10.1 Å². The van der Waals surface area contributed by atoms with Gasteiger partial charge in [0.05, 0.1) is 18.6 Å². The minimum absolute atomic E-state index is 0.0624. The molecule has 0 aliphatic rings. The third-order valence-corrected chi connectivity index (χ3v) is 3.10. The molecule has 0 fully saturated rings. The van der Waals surface area contributed by atoms with Crippen LogP contribution in [-0.4, -0.2) is 48.2 Å². The van der Waals surface area contributed by atoms with E-state index in [1.165, 1.54) is 7.11 Å². The number of esters is 1. The van der Waals surface area contributed by atoms with E-state index in [9.17, 15) is 14.4 Å². The Bertz CT molecular complexity index is 502. The molecular weight excluding hydrogens is 298 g/mol. The first-order chi connectivity index (χ1) is 10.0. The summed E-state index contributed by atoms with van der Waals surface area (Å²) < 4.78 is 9.59. The molecule has 8 heteroatoms. The second-order valence-electron chi connectivity index (χ2n) is 3.82. The number of thioether (sulfide) groups is 1. The number of hydrogen-bond acceptors (Lipinski definition) is 6. The van der Waals surface area contributed by atoms with Crippen molar-refractivity contribution in [2.24, 2.45) is 0 Å². The number of anilines is 1. The zero-order valence-electron chi connectivity index (χ0n) is 11.3. The quantitative estimate of drug-likeness (QED) is 0.690. The molecule has 0 spiro atoms. The summed E-state index contributed by atoms with van der Waals surface area (Å²) in [5.74, 6) is -1.31. The van der Waals surface area contributed by atoms with Crippen LogP contribution < -0.4 is 10.1 Å². The van der Waals surface area contributed by atoms with E-state index >= 15 is 0 Å². The normalized spacial score (nSPS) is 9.76. The summed E-state index contributed by atoms with van der Waals surface area (Å²) >= 11 is 1.02. The summed E-state index contributed by atoms with van der Waals surface area (Å²) in [5.41, 5.74) is 0.557. The maximum absolute atomic E-state index is 11.5. The number of carbonyl (C=O) groups is 3. The Morgan fingerprint density at radius 1 is 1.19 bits per heavy atom. The molecule has 0 aliphatic carbocycles. The predicted molar refractivity (Wildman–Crippen MR) is 77.5 cm³/mol. The van der Waals surface area contributed by atoms with Crippen LogP contribution in [0.15, 0.2) is 24.3 Å². The van der Waals surface area contributed by atoms with Crippen LogP contribution in [0.1, 0.15) is 0 Å². The molecule has 21 heavy (non-hydrogen) atoms. The highest BCUT2D eigenvalue weighted by molar-refractivity contribution is 8.00. The van der Waals surface area contributed by atoms with E-state index < -0.39 is 11.9 Å². The number of aliphatic carboxylic acids is 1. The lowest BCUT2D eigenvalue weighted by atomic mass is 10.3. The van der Waals surface area contributed by atoms with E-state index in [0.29, 0.717) is 11.4 Å². The summed E-state index contributed by atoms with van der Waals surface area (Å²) in [6, 6.07) is 6.44. The average Bonchev–Trinajstić information content (AvgIpc) is 2.45. The van der Waals surface area contributed by atoms with Gasteiger partial charge >= 0.3 is 11.9 Å². The summed E-state index contributed by atoms with van der Waals surface area (Å²) in [4.78, 5) is 32.7. The van der Waals surface area contributed by atoms with Crippen molar-refractivity contribution in [2.45, 2.75) is 0 Å². The molecule has 1 aromatic rings. The van der Waals surface area contributed by atoms with Gasteiger partial charge in [-0.05, 0) is 24.3 Å². The molecule has 1 aromatic carbocycles. The number of rotatable bonds is 8. The van der Waals surface area contributed by atoms with E-state index in [4.69, 9.17) is 9.84 Å². The molecule has 114 valence electrons. The van der Waals surface area contributed by atoms with Gasteiger partial charge in [-0.3, -0.25) is 9.59 Å². The minimum Gasteiger partial charge on any atom is -0.482 e. The molecule has 0 heterocycles. The lowest BCUT2D eigenvalue weighted by Crippen LogP contribution is -2.15. The first-order valence-corrected chi connectivity index (χ1v) is 7.06. The third kappa shape index (κ3) is 7.21. The van der Waals surface area contributed by atoms with Crippen LogP contribution in [0.2, 0.25) is 0 Å². The Morgan fingerprint density at radius 2 is 1.86 bits per heavy atom. The maximum Gasteiger partial charge on any atom is 0.343 e. The van der Waals surface area contributed by atoms with Crippen LogP contribution in [0.4, 0.5) is 5.69 Å². The van der Waals surface area contributed by atoms with Gasteiger partial charge in [-0.2, -0.15) is 0 Å². The van der Waals surface area contributed by atoms with Crippen LogP contribution >= 0.6 is 11.8 Å². The first-order valence-electron chi connectivity index (χ1n) is 5.90.